The molecule has 2 heterocycles. The molecule has 0 bridgehead atoms. The van der Waals surface area contributed by atoms with E-state index in [0.717, 1.165) is 16.6 Å². The summed E-state index contributed by atoms with van der Waals surface area (Å²) in [6, 6.07) is 11.4. The molecule has 1 aromatic carbocycles. The first-order valence-corrected chi connectivity index (χ1v) is 8.18. The monoisotopic (exact) mass is 341 g/mol. The maximum absolute atomic E-state index is 12.4. The summed E-state index contributed by atoms with van der Waals surface area (Å²) in [5, 5.41) is 19.4. The molecule has 0 spiro atoms. The zero-order valence-corrected chi connectivity index (χ0v) is 13.7. The van der Waals surface area contributed by atoms with Crippen LogP contribution in [0.3, 0.4) is 0 Å². The van der Waals surface area contributed by atoms with Gasteiger partial charge in [-0.05, 0) is 18.4 Å². The van der Waals surface area contributed by atoms with Crippen LogP contribution in [0.25, 0.3) is 0 Å². The topological polar surface area (TPSA) is 97.2 Å². The number of benzene rings is 1. The van der Waals surface area contributed by atoms with Crippen LogP contribution in [0, 0.1) is 11.3 Å². The molecule has 25 heavy (non-hydrogen) atoms. The molecule has 0 unspecified atom stereocenters. The van der Waals surface area contributed by atoms with Crippen LogP contribution in [0.15, 0.2) is 39.9 Å². The maximum Gasteiger partial charge on any atom is 0.331 e. The minimum atomic E-state index is -1.01. The van der Waals surface area contributed by atoms with E-state index < -0.39 is 17.4 Å². The molecule has 7 heteroatoms. The molecule has 0 radical (unpaired) electrons. The van der Waals surface area contributed by atoms with Gasteiger partial charge in [0.1, 0.15) is 11.6 Å². The van der Waals surface area contributed by atoms with Crippen molar-refractivity contribution in [3.8, 4) is 6.07 Å². The van der Waals surface area contributed by atoms with Crippen molar-refractivity contribution in [1.82, 2.24) is 9.13 Å². The number of aromatic nitrogens is 2. The Hall–Kier alpha value is -2.69. The summed E-state index contributed by atoms with van der Waals surface area (Å²) >= 11 is 0. The van der Waals surface area contributed by atoms with Gasteiger partial charge in [-0.1, -0.05) is 30.3 Å². The average Bonchev–Trinajstić information content (AvgIpc) is 3.10. The highest BCUT2D eigenvalue weighted by molar-refractivity contribution is 5.32. The van der Waals surface area contributed by atoms with Crippen molar-refractivity contribution < 1.29 is 9.84 Å². The maximum atomic E-state index is 12.4. The summed E-state index contributed by atoms with van der Waals surface area (Å²) in [7, 11) is 0. The minimum Gasteiger partial charge on any atom is -0.389 e. The van der Waals surface area contributed by atoms with Crippen molar-refractivity contribution in [2.24, 2.45) is 0 Å². The van der Waals surface area contributed by atoms with Gasteiger partial charge in [-0.15, -0.1) is 0 Å². The molecule has 130 valence electrons. The molecule has 0 fully saturated rings. The first-order valence-electron chi connectivity index (χ1n) is 8.18. The number of aliphatic hydroxyl groups excluding tert-OH is 1. The zero-order valence-electron chi connectivity index (χ0n) is 13.7. The Labute approximate surface area is 144 Å². The van der Waals surface area contributed by atoms with Crippen LogP contribution in [0.1, 0.15) is 23.2 Å². The Morgan fingerprint density at radius 3 is 2.76 bits per heavy atom. The van der Waals surface area contributed by atoms with Crippen LogP contribution in [0.2, 0.25) is 0 Å². The average molecular weight is 341 g/mol. The van der Waals surface area contributed by atoms with E-state index in [1.54, 1.807) is 0 Å². The van der Waals surface area contributed by atoms with Gasteiger partial charge in [-0.25, -0.2) is 4.79 Å². The Balaban J connectivity index is 1.71. The van der Waals surface area contributed by atoms with Crippen LogP contribution in [-0.2, 0) is 30.9 Å². The zero-order chi connectivity index (χ0) is 17.8. The number of hydrogen-bond acceptors (Lipinski definition) is 5. The number of ether oxygens (including phenoxy) is 1. The summed E-state index contributed by atoms with van der Waals surface area (Å²) in [6.07, 6.45) is 0.272. The Morgan fingerprint density at radius 2 is 2.04 bits per heavy atom. The molecule has 0 aliphatic carbocycles. The molecule has 1 N–H and O–H groups in total. The molecule has 7 nitrogen and oxygen atoms in total. The predicted molar refractivity (Wildman–Crippen MR) is 90.1 cm³/mol. The predicted octanol–water partition coefficient (Wildman–Crippen LogP) is 0.406. The lowest BCUT2D eigenvalue weighted by Crippen LogP contribution is -2.44. The van der Waals surface area contributed by atoms with Gasteiger partial charge in [-0.2, -0.15) is 5.26 Å². The van der Waals surface area contributed by atoms with Crippen LogP contribution in [-0.4, -0.2) is 27.0 Å². The lowest BCUT2D eigenvalue weighted by Gasteiger charge is -2.15. The molecule has 2 aromatic rings. The van der Waals surface area contributed by atoms with Gasteiger partial charge in [0.05, 0.1) is 25.9 Å². The quantitative estimate of drug-likeness (QED) is 0.820. The van der Waals surface area contributed by atoms with Gasteiger partial charge in [0.15, 0.2) is 0 Å². The molecular formula is C18H19N3O4. The van der Waals surface area contributed by atoms with E-state index in [2.05, 4.69) is 0 Å². The molecule has 0 amide bonds. The Bertz CT molecular complexity index is 909. The molecule has 3 rings (SSSR count). The molecular weight excluding hydrogens is 322 g/mol. The Morgan fingerprint density at radius 1 is 1.28 bits per heavy atom. The summed E-state index contributed by atoms with van der Waals surface area (Å²) in [6.45, 7) is 0.620. The number of aliphatic hydroxyl groups is 1. The standard InChI is InChI=1S/C18H19N3O4/c19-9-15-16-7-4-8-20(16)18(24)21(17(15)23)10-14(22)12-25-11-13-5-2-1-3-6-13/h1-3,5-6,14,22H,4,7-8,10-12H2/t14-/m1/s1. The second-order valence-corrected chi connectivity index (χ2v) is 6.04. The highest BCUT2D eigenvalue weighted by Crippen LogP contribution is 2.13. The number of rotatable bonds is 6. The van der Waals surface area contributed by atoms with Crippen molar-refractivity contribution in [3.05, 3.63) is 68.0 Å². The van der Waals surface area contributed by atoms with Crippen LogP contribution in [0.4, 0.5) is 0 Å². The van der Waals surface area contributed by atoms with Crippen LogP contribution >= 0.6 is 0 Å². The lowest BCUT2D eigenvalue weighted by molar-refractivity contribution is 0.0191. The van der Waals surface area contributed by atoms with Crippen molar-refractivity contribution in [2.75, 3.05) is 6.61 Å². The molecule has 1 aliphatic heterocycles. The number of nitriles is 1. The van der Waals surface area contributed by atoms with Gasteiger partial charge in [0.2, 0.25) is 0 Å². The minimum absolute atomic E-state index is 0.00509. The van der Waals surface area contributed by atoms with E-state index in [1.807, 2.05) is 36.4 Å². The van der Waals surface area contributed by atoms with Gasteiger partial charge in [0, 0.05) is 12.2 Å². The van der Waals surface area contributed by atoms with E-state index in [-0.39, 0.29) is 18.7 Å². The van der Waals surface area contributed by atoms with Crippen LogP contribution < -0.4 is 11.2 Å². The highest BCUT2D eigenvalue weighted by Gasteiger charge is 2.23. The Kier molecular flexibility index (Phi) is 5.12. The van der Waals surface area contributed by atoms with Gasteiger partial charge < -0.3 is 9.84 Å². The summed E-state index contributed by atoms with van der Waals surface area (Å²) < 4.78 is 7.83. The van der Waals surface area contributed by atoms with Gasteiger partial charge in [0.25, 0.3) is 5.56 Å². The van der Waals surface area contributed by atoms with Crippen molar-refractivity contribution in [2.45, 2.75) is 38.6 Å². The fourth-order valence-corrected chi connectivity index (χ4v) is 3.06. The number of hydrogen-bond donors (Lipinski definition) is 1. The third-order valence-corrected chi connectivity index (χ3v) is 4.26. The molecule has 1 aromatic heterocycles. The molecule has 0 saturated carbocycles. The third-order valence-electron chi connectivity index (χ3n) is 4.26. The lowest BCUT2D eigenvalue weighted by atomic mass is 10.2. The van der Waals surface area contributed by atoms with E-state index in [0.29, 0.717) is 25.3 Å². The molecule has 1 aliphatic rings. The first-order chi connectivity index (χ1) is 12.1. The normalized spacial score (nSPS) is 14.1. The fraction of sp³-hybridized carbons (Fsp3) is 0.389. The first kappa shape index (κ1) is 17.1. The molecule has 1 atom stereocenters. The third kappa shape index (κ3) is 3.55. The number of fused-ring (bicyclic) bond motifs is 1. The van der Waals surface area contributed by atoms with Gasteiger partial charge >= 0.3 is 5.69 Å². The van der Waals surface area contributed by atoms with Crippen molar-refractivity contribution in [3.63, 3.8) is 0 Å². The van der Waals surface area contributed by atoms with Crippen molar-refractivity contribution >= 4 is 0 Å². The van der Waals surface area contributed by atoms with Crippen LogP contribution in [0.5, 0.6) is 0 Å². The van der Waals surface area contributed by atoms with E-state index in [1.165, 1.54) is 4.57 Å². The second kappa shape index (κ2) is 7.47. The van der Waals surface area contributed by atoms with Gasteiger partial charge in [-0.3, -0.25) is 13.9 Å². The largest absolute Gasteiger partial charge is 0.389 e. The number of nitrogens with zero attached hydrogens (tertiary/aromatic N) is 3. The second-order valence-electron chi connectivity index (χ2n) is 6.04. The molecule has 0 saturated heterocycles. The van der Waals surface area contributed by atoms with E-state index in [9.17, 15) is 20.0 Å². The smallest absolute Gasteiger partial charge is 0.331 e. The summed E-state index contributed by atoms with van der Waals surface area (Å²) in [5.74, 6) is 0. The highest BCUT2D eigenvalue weighted by atomic mass is 16.5. The summed E-state index contributed by atoms with van der Waals surface area (Å²) in [5.41, 5.74) is 0.357. The van der Waals surface area contributed by atoms with E-state index >= 15 is 0 Å². The SMILES string of the molecule is N#Cc1c2n(c(=O)n(C[C@@H](O)COCc3ccccc3)c1=O)CCC2. The van der Waals surface area contributed by atoms with E-state index in [4.69, 9.17) is 4.74 Å². The van der Waals surface area contributed by atoms with Crippen molar-refractivity contribution in [1.29, 1.82) is 5.26 Å². The summed E-state index contributed by atoms with van der Waals surface area (Å²) in [4.78, 5) is 24.8. The fourth-order valence-electron chi connectivity index (χ4n) is 3.06.